The second-order valence-electron chi connectivity index (χ2n) is 7.31. The average molecular weight is 418 g/mol. The second kappa shape index (κ2) is 8.02. The van der Waals surface area contributed by atoms with Crippen LogP contribution in [-0.2, 0) is 36.8 Å². The molecule has 0 unspecified atom stereocenters. The Bertz CT molecular complexity index is 1110. The standard InChI is InChI=1S/C24H18O7/c25-21(26)17-11-9-13-5-1-3-7-15(13)19(17)23(29)31-24(30)20-16-8-4-2-6-14(16)10-12-18(20)22(27)28/h1-8H,9-12H2,(H,25,26)(H,27,28). The predicted octanol–water partition coefficient (Wildman–Crippen LogP) is 3.03. The molecule has 0 radical (unpaired) electrons. The van der Waals surface area contributed by atoms with Crippen LogP contribution in [0.2, 0.25) is 0 Å². The highest BCUT2D eigenvalue weighted by atomic mass is 16.6. The van der Waals surface area contributed by atoms with Gasteiger partial charge in [0.1, 0.15) is 0 Å². The van der Waals surface area contributed by atoms with Crippen LogP contribution in [0.4, 0.5) is 0 Å². The van der Waals surface area contributed by atoms with E-state index in [4.69, 9.17) is 4.74 Å². The molecule has 2 aliphatic rings. The lowest BCUT2D eigenvalue weighted by Gasteiger charge is -2.22. The summed E-state index contributed by atoms with van der Waals surface area (Å²) in [5.74, 6) is -4.73. The molecule has 0 spiro atoms. The number of esters is 2. The van der Waals surface area contributed by atoms with Crippen molar-refractivity contribution in [3.8, 4) is 0 Å². The maximum atomic E-state index is 13.0. The summed E-state index contributed by atoms with van der Waals surface area (Å²) in [6, 6.07) is 13.7. The van der Waals surface area contributed by atoms with Crippen molar-refractivity contribution >= 4 is 35.0 Å². The van der Waals surface area contributed by atoms with Crippen molar-refractivity contribution in [2.75, 3.05) is 0 Å². The summed E-state index contributed by atoms with van der Waals surface area (Å²) in [4.78, 5) is 49.4. The van der Waals surface area contributed by atoms with Gasteiger partial charge in [0.15, 0.2) is 0 Å². The molecule has 0 bridgehead atoms. The minimum atomic E-state index is -1.26. The third-order valence-electron chi connectivity index (χ3n) is 5.58. The van der Waals surface area contributed by atoms with Crippen LogP contribution in [0.3, 0.4) is 0 Å². The van der Waals surface area contributed by atoms with Crippen LogP contribution < -0.4 is 0 Å². The smallest absolute Gasteiger partial charge is 0.347 e. The van der Waals surface area contributed by atoms with Crippen molar-refractivity contribution in [3.63, 3.8) is 0 Å². The normalized spacial score (nSPS) is 15.1. The number of rotatable bonds is 4. The van der Waals surface area contributed by atoms with Gasteiger partial charge in [-0.2, -0.15) is 0 Å². The van der Waals surface area contributed by atoms with Gasteiger partial charge in [0.25, 0.3) is 0 Å². The molecular formula is C24H18O7. The first-order valence-electron chi connectivity index (χ1n) is 9.74. The summed E-state index contributed by atoms with van der Waals surface area (Å²) in [6.07, 6.45) is 1.14. The predicted molar refractivity (Wildman–Crippen MR) is 110 cm³/mol. The number of hydrogen-bond donors (Lipinski definition) is 2. The molecule has 4 rings (SSSR count). The van der Waals surface area contributed by atoms with E-state index in [1.807, 2.05) is 0 Å². The molecule has 0 saturated carbocycles. The number of benzene rings is 2. The van der Waals surface area contributed by atoms with Gasteiger partial charge in [-0.15, -0.1) is 0 Å². The number of aliphatic carboxylic acids is 2. The van der Waals surface area contributed by atoms with E-state index in [1.165, 1.54) is 0 Å². The van der Waals surface area contributed by atoms with E-state index in [-0.39, 0.29) is 35.1 Å². The van der Waals surface area contributed by atoms with Gasteiger partial charge in [-0.05, 0) is 47.9 Å². The van der Waals surface area contributed by atoms with Crippen LogP contribution in [0.25, 0.3) is 11.1 Å². The molecule has 7 heteroatoms. The van der Waals surface area contributed by atoms with Crippen molar-refractivity contribution in [1.29, 1.82) is 0 Å². The first kappa shape index (κ1) is 20.3. The number of ether oxygens (including phenoxy) is 1. The van der Waals surface area contributed by atoms with Crippen LogP contribution in [0.1, 0.15) is 35.1 Å². The Hall–Kier alpha value is -4.00. The van der Waals surface area contributed by atoms with E-state index in [2.05, 4.69) is 0 Å². The summed E-state index contributed by atoms with van der Waals surface area (Å²) in [7, 11) is 0. The third kappa shape index (κ3) is 3.66. The fourth-order valence-electron chi connectivity index (χ4n) is 4.14. The van der Waals surface area contributed by atoms with Crippen LogP contribution in [0, 0.1) is 0 Å². The minimum Gasteiger partial charge on any atom is -0.478 e. The molecule has 31 heavy (non-hydrogen) atoms. The van der Waals surface area contributed by atoms with Gasteiger partial charge in [-0.25, -0.2) is 19.2 Å². The Morgan fingerprint density at radius 1 is 0.613 bits per heavy atom. The van der Waals surface area contributed by atoms with Crippen molar-refractivity contribution in [2.45, 2.75) is 25.7 Å². The van der Waals surface area contributed by atoms with Crippen molar-refractivity contribution in [1.82, 2.24) is 0 Å². The molecule has 0 amide bonds. The number of hydrogen-bond acceptors (Lipinski definition) is 5. The number of carboxylic acid groups (broad SMARTS) is 2. The lowest BCUT2D eigenvalue weighted by molar-refractivity contribution is -0.151. The number of carbonyl (C=O) groups is 4. The highest BCUT2D eigenvalue weighted by Crippen LogP contribution is 2.35. The van der Waals surface area contributed by atoms with Crippen LogP contribution in [-0.4, -0.2) is 34.1 Å². The van der Waals surface area contributed by atoms with E-state index in [9.17, 15) is 29.4 Å². The molecular weight excluding hydrogens is 400 g/mol. The average Bonchev–Trinajstić information content (AvgIpc) is 2.77. The molecule has 0 aliphatic heterocycles. The van der Waals surface area contributed by atoms with Crippen LogP contribution >= 0.6 is 0 Å². The van der Waals surface area contributed by atoms with Gasteiger partial charge in [-0.1, -0.05) is 48.5 Å². The first-order chi connectivity index (χ1) is 14.9. The third-order valence-corrected chi connectivity index (χ3v) is 5.58. The van der Waals surface area contributed by atoms with Crippen molar-refractivity contribution < 1.29 is 34.1 Å². The molecule has 2 aromatic carbocycles. The molecule has 0 atom stereocenters. The molecule has 2 aliphatic carbocycles. The molecule has 0 saturated heterocycles. The van der Waals surface area contributed by atoms with E-state index in [0.29, 0.717) is 24.0 Å². The van der Waals surface area contributed by atoms with E-state index in [1.54, 1.807) is 48.5 Å². The minimum absolute atomic E-state index is 0.122. The summed E-state index contributed by atoms with van der Waals surface area (Å²) in [5.41, 5.74) is 1.75. The summed E-state index contributed by atoms with van der Waals surface area (Å²) < 4.78 is 5.08. The van der Waals surface area contributed by atoms with E-state index < -0.39 is 23.9 Å². The van der Waals surface area contributed by atoms with E-state index in [0.717, 1.165) is 11.1 Å². The highest BCUT2D eigenvalue weighted by Gasteiger charge is 2.34. The molecule has 0 aromatic heterocycles. The Morgan fingerprint density at radius 2 is 1.00 bits per heavy atom. The summed E-state index contributed by atoms with van der Waals surface area (Å²) >= 11 is 0. The lowest BCUT2D eigenvalue weighted by Crippen LogP contribution is -2.24. The van der Waals surface area contributed by atoms with Crippen LogP contribution in [0.5, 0.6) is 0 Å². The molecule has 0 fully saturated rings. The van der Waals surface area contributed by atoms with E-state index >= 15 is 0 Å². The Morgan fingerprint density at radius 3 is 1.39 bits per heavy atom. The second-order valence-corrected chi connectivity index (χ2v) is 7.31. The molecule has 0 heterocycles. The van der Waals surface area contributed by atoms with Gasteiger partial charge in [0, 0.05) is 0 Å². The first-order valence-corrected chi connectivity index (χ1v) is 9.74. The van der Waals surface area contributed by atoms with Gasteiger partial charge >= 0.3 is 23.9 Å². The van der Waals surface area contributed by atoms with Crippen molar-refractivity contribution in [2.24, 2.45) is 0 Å². The van der Waals surface area contributed by atoms with Gasteiger partial charge < -0.3 is 14.9 Å². The van der Waals surface area contributed by atoms with Gasteiger partial charge in [-0.3, -0.25) is 0 Å². The zero-order chi connectivity index (χ0) is 22.1. The lowest BCUT2D eigenvalue weighted by atomic mass is 9.85. The Balaban J connectivity index is 1.75. The quantitative estimate of drug-likeness (QED) is 0.579. The molecule has 2 N–H and O–H groups in total. The topological polar surface area (TPSA) is 118 Å². The number of aryl methyl sites for hydroxylation is 2. The van der Waals surface area contributed by atoms with Crippen molar-refractivity contribution in [3.05, 3.63) is 81.9 Å². The maximum absolute atomic E-state index is 13.0. The number of fused-ring (bicyclic) bond motifs is 2. The number of carbonyl (C=O) groups excluding carboxylic acids is 2. The van der Waals surface area contributed by atoms with Gasteiger partial charge in [0.05, 0.1) is 22.3 Å². The maximum Gasteiger partial charge on any atom is 0.347 e. The molecule has 156 valence electrons. The Kier molecular flexibility index (Phi) is 5.25. The van der Waals surface area contributed by atoms with Gasteiger partial charge in [0.2, 0.25) is 0 Å². The monoisotopic (exact) mass is 418 g/mol. The summed E-state index contributed by atoms with van der Waals surface area (Å²) in [6.45, 7) is 0. The Labute approximate surface area is 177 Å². The SMILES string of the molecule is O=C(O)C1=C(C(=O)OC(=O)C2=C(C(=O)O)CCc3ccccc32)c2ccccc2CC1. The molecule has 2 aromatic rings. The van der Waals surface area contributed by atoms with Crippen LogP contribution in [0.15, 0.2) is 59.7 Å². The highest BCUT2D eigenvalue weighted by molar-refractivity contribution is 6.31. The zero-order valence-electron chi connectivity index (χ0n) is 16.4. The fraction of sp³-hybridized carbons (Fsp3) is 0.167. The zero-order valence-corrected chi connectivity index (χ0v) is 16.4. The summed E-state index contributed by atoms with van der Waals surface area (Å²) in [5, 5.41) is 19.1. The molecule has 7 nitrogen and oxygen atoms in total. The fourth-order valence-corrected chi connectivity index (χ4v) is 4.14. The largest absolute Gasteiger partial charge is 0.478 e. The number of carboxylic acids is 2.